The van der Waals surface area contributed by atoms with E-state index in [-0.39, 0.29) is 0 Å². The molecule has 3 aromatic heterocycles. The molecule has 424 valence electrons. The molecule has 16 aromatic rings. The molecule has 0 radical (unpaired) electrons. The molecule has 8 nitrogen and oxygen atoms in total. The predicted octanol–water partition coefficient (Wildman–Crippen LogP) is 22.2. The summed E-state index contributed by atoms with van der Waals surface area (Å²) >= 11 is 0. The molecule has 0 aliphatic heterocycles. The summed E-state index contributed by atoms with van der Waals surface area (Å²) in [5.41, 5.74) is 24.8. The quantitative estimate of drug-likeness (QED) is 0.106. The van der Waals surface area contributed by atoms with Crippen molar-refractivity contribution in [2.24, 2.45) is 0 Å². The number of nitrogens with zero attached hydrogens (tertiary/aromatic N) is 6. The van der Waals surface area contributed by atoms with Crippen LogP contribution in [0.15, 0.2) is 336 Å². The number of benzene rings is 13. The highest BCUT2D eigenvalue weighted by molar-refractivity contribution is 5.97. The zero-order valence-corrected chi connectivity index (χ0v) is 48.7. The summed E-state index contributed by atoms with van der Waals surface area (Å²) < 4.78 is 12.3. The van der Waals surface area contributed by atoms with Crippen LogP contribution in [-0.2, 0) is 0 Å². The van der Waals surface area contributed by atoms with E-state index in [4.69, 9.17) is 28.8 Å². The van der Waals surface area contributed by atoms with Crippen molar-refractivity contribution in [1.82, 2.24) is 19.9 Å². The van der Waals surface area contributed by atoms with Gasteiger partial charge in [0, 0.05) is 56.4 Å². The van der Waals surface area contributed by atoms with Crippen LogP contribution in [0.25, 0.3) is 123 Å². The second-order valence-corrected chi connectivity index (χ2v) is 22.2. The maximum atomic E-state index is 6.17. The Morgan fingerprint density at radius 3 is 0.811 bits per heavy atom. The summed E-state index contributed by atoms with van der Waals surface area (Å²) in [5.74, 6) is 1.16. The Labute approximate surface area is 520 Å². The van der Waals surface area contributed by atoms with Crippen molar-refractivity contribution in [2.75, 3.05) is 9.80 Å². The molecule has 0 spiro atoms. The molecular weight excluding hydrogens is 1100 g/mol. The van der Waals surface area contributed by atoms with Gasteiger partial charge in [0.15, 0.2) is 11.2 Å². The maximum absolute atomic E-state index is 6.17. The molecule has 8 heteroatoms. The minimum absolute atomic E-state index is 0.582. The van der Waals surface area contributed by atoms with Gasteiger partial charge in [-0.2, -0.15) is 0 Å². The first-order valence-electron chi connectivity index (χ1n) is 30.1. The standard InChI is InChI=1S/C82H54N6O2/c1-5-17-55(18-6-1)57-29-33-59(34-30-57)71-53-75-76(54-72(71)60-35-31-58(32-36-60)56-19-7-2-8-20-56)84-80(62-39-47-68(48-40-62)88(66-23-11-4-12-24-66)70-51-43-64(44-52-70)82-86-74-26-14-16-28-78(74)90-82)79(83-75)61-37-45-67(46-38-61)87(65-21-9-3-10-22-65)69-49-41-63(42-50-69)81-85-73-25-13-15-27-77(73)89-81/h1-54H. The van der Waals surface area contributed by atoms with E-state index in [1.165, 1.54) is 11.1 Å². The molecule has 0 saturated carbocycles. The van der Waals surface area contributed by atoms with Crippen LogP contribution in [0, 0.1) is 0 Å². The van der Waals surface area contributed by atoms with E-state index in [9.17, 15) is 0 Å². The third-order valence-electron chi connectivity index (χ3n) is 16.6. The summed E-state index contributed by atoms with van der Waals surface area (Å²) in [5, 5.41) is 0. The van der Waals surface area contributed by atoms with Crippen LogP contribution in [0.4, 0.5) is 34.1 Å². The summed E-state index contributed by atoms with van der Waals surface area (Å²) in [6.45, 7) is 0. The Balaban J connectivity index is 0.824. The van der Waals surface area contributed by atoms with E-state index in [2.05, 4.69) is 277 Å². The average Bonchev–Trinajstić information content (AvgIpc) is 1.38. The Morgan fingerprint density at radius 1 is 0.200 bits per heavy atom. The molecule has 13 aromatic carbocycles. The number of fused-ring (bicyclic) bond motifs is 3. The molecule has 0 atom stereocenters. The number of aromatic nitrogens is 4. The predicted molar refractivity (Wildman–Crippen MR) is 368 cm³/mol. The normalized spacial score (nSPS) is 11.3. The summed E-state index contributed by atoms with van der Waals surface area (Å²) in [7, 11) is 0. The highest BCUT2D eigenvalue weighted by atomic mass is 16.4. The smallest absolute Gasteiger partial charge is 0.227 e. The summed E-state index contributed by atoms with van der Waals surface area (Å²) in [4.78, 5) is 25.5. The van der Waals surface area contributed by atoms with Gasteiger partial charge in [-0.1, -0.05) is 194 Å². The molecule has 0 amide bonds. The van der Waals surface area contributed by atoms with E-state index in [0.717, 1.165) is 134 Å². The van der Waals surface area contributed by atoms with Gasteiger partial charge in [-0.3, -0.25) is 0 Å². The first-order chi connectivity index (χ1) is 44.6. The fourth-order valence-electron chi connectivity index (χ4n) is 12.0. The van der Waals surface area contributed by atoms with Crippen LogP contribution in [0.3, 0.4) is 0 Å². The third-order valence-corrected chi connectivity index (χ3v) is 16.6. The lowest BCUT2D eigenvalue weighted by atomic mass is 9.91. The van der Waals surface area contributed by atoms with Crippen molar-refractivity contribution in [3.63, 3.8) is 0 Å². The zero-order chi connectivity index (χ0) is 59.7. The SMILES string of the molecule is c1ccc(-c2ccc(-c3cc4nc(-c5ccc(N(c6ccccc6)c6ccc(-c7nc8ccccc8o7)cc6)cc5)c(-c5ccc(N(c6ccccc6)c6ccc(-c7nc8ccccc8o7)cc6)cc5)nc4cc3-c3ccc(-c4ccccc4)cc3)cc2)cc1. The molecule has 16 rings (SSSR count). The Morgan fingerprint density at radius 2 is 0.467 bits per heavy atom. The Bertz CT molecular complexity index is 4780. The van der Waals surface area contributed by atoms with Gasteiger partial charge in [-0.25, -0.2) is 19.9 Å². The summed E-state index contributed by atoms with van der Waals surface area (Å²) in [6, 6.07) is 114. The molecule has 3 heterocycles. The van der Waals surface area contributed by atoms with E-state index in [0.29, 0.717) is 11.8 Å². The van der Waals surface area contributed by atoms with Crippen molar-refractivity contribution in [3.8, 4) is 89.9 Å². The lowest BCUT2D eigenvalue weighted by molar-refractivity contribution is 0.619. The van der Waals surface area contributed by atoms with E-state index in [1.54, 1.807) is 0 Å². The van der Waals surface area contributed by atoms with Crippen molar-refractivity contribution in [3.05, 3.63) is 328 Å². The fraction of sp³-hybridized carbons (Fsp3) is 0. The molecule has 90 heavy (non-hydrogen) atoms. The largest absolute Gasteiger partial charge is 0.436 e. The zero-order valence-electron chi connectivity index (χ0n) is 48.7. The number of rotatable bonds is 14. The van der Waals surface area contributed by atoms with Gasteiger partial charge in [-0.15, -0.1) is 0 Å². The Hall–Kier alpha value is -12.3. The number of anilines is 6. The minimum atomic E-state index is 0.582. The molecule has 0 aliphatic carbocycles. The molecule has 0 saturated heterocycles. The van der Waals surface area contributed by atoms with Gasteiger partial charge in [0.1, 0.15) is 11.0 Å². The van der Waals surface area contributed by atoms with E-state index in [1.807, 2.05) is 60.7 Å². The maximum Gasteiger partial charge on any atom is 0.227 e. The monoisotopic (exact) mass is 1150 g/mol. The van der Waals surface area contributed by atoms with Gasteiger partial charge in [-0.05, 0) is 178 Å². The van der Waals surface area contributed by atoms with Crippen molar-refractivity contribution >= 4 is 67.4 Å². The fourth-order valence-corrected chi connectivity index (χ4v) is 12.0. The first kappa shape index (κ1) is 53.2. The van der Waals surface area contributed by atoms with Crippen LogP contribution < -0.4 is 9.80 Å². The first-order valence-corrected chi connectivity index (χ1v) is 30.1. The van der Waals surface area contributed by atoms with E-state index < -0.39 is 0 Å². The topological polar surface area (TPSA) is 84.3 Å². The molecule has 0 bridgehead atoms. The lowest BCUT2D eigenvalue weighted by Crippen LogP contribution is -2.10. The van der Waals surface area contributed by atoms with Gasteiger partial charge in [0.25, 0.3) is 0 Å². The van der Waals surface area contributed by atoms with Crippen LogP contribution in [-0.4, -0.2) is 19.9 Å². The lowest BCUT2D eigenvalue weighted by Gasteiger charge is -2.26. The van der Waals surface area contributed by atoms with Gasteiger partial charge in [0.2, 0.25) is 11.8 Å². The molecule has 0 unspecified atom stereocenters. The van der Waals surface area contributed by atoms with Crippen molar-refractivity contribution < 1.29 is 8.83 Å². The molecular formula is C82H54N6O2. The number of para-hydroxylation sites is 6. The number of hydrogen-bond donors (Lipinski definition) is 0. The molecule has 0 fully saturated rings. The third kappa shape index (κ3) is 10.4. The van der Waals surface area contributed by atoms with Gasteiger partial charge in [0.05, 0.1) is 22.4 Å². The van der Waals surface area contributed by atoms with Crippen LogP contribution in [0.1, 0.15) is 0 Å². The van der Waals surface area contributed by atoms with Crippen molar-refractivity contribution in [1.29, 1.82) is 0 Å². The second kappa shape index (κ2) is 23.2. The van der Waals surface area contributed by atoms with Crippen molar-refractivity contribution in [2.45, 2.75) is 0 Å². The van der Waals surface area contributed by atoms with Gasteiger partial charge >= 0.3 is 0 Å². The van der Waals surface area contributed by atoms with Crippen LogP contribution >= 0.6 is 0 Å². The molecule has 0 aliphatic rings. The molecule has 0 N–H and O–H groups in total. The Kier molecular flexibility index (Phi) is 13.7. The second-order valence-electron chi connectivity index (χ2n) is 22.2. The van der Waals surface area contributed by atoms with Crippen LogP contribution in [0.5, 0.6) is 0 Å². The average molecular weight is 1160 g/mol. The minimum Gasteiger partial charge on any atom is -0.436 e. The van der Waals surface area contributed by atoms with E-state index >= 15 is 0 Å². The number of oxazole rings is 2. The van der Waals surface area contributed by atoms with Gasteiger partial charge < -0.3 is 18.6 Å². The highest BCUT2D eigenvalue weighted by Crippen LogP contribution is 2.43. The van der Waals surface area contributed by atoms with Crippen LogP contribution in [0.2, 0.25) is 0 Å². The summed E-state index contributed by atoms with van der Waals surface area (Å²) in [6.07, 6.45) is 0. The number of hydrogen-bond acceptors (Lipinski definition) is 8. The highest BCUT2D eigenvalue weighted by Gasteiger charge is 2.22.